The maximum atomic E-state index is 13.9. The quantitative estimate of drug-likeness (QED) is 0.405. The van der Waals surface area contributed by atoms with Gasteiger partial charge < -0.3 is 10.2 Å². The van der Waals surface area contributed by atoms with E-state index in [9.17, 15) is 18.0 Å². The van der Waals surface area contributed by atoms with Crippen molar-refractivity contribution in [2.24, 2.45) is 0 Å². The minimum atomic E-state index is -3.79. The molecular weight excluding hydrogens is 533 g/mol. The highest BCUT2D eigenvalue weighted by Crippen LogP contribution is 2.27. The number of aryl methyl sites for hydroxylation is 1. The number of amides is 2. The van der Waals surface area contributed by atoms with E-state index in [2.05, 4.69) is 5.32 Å². The van der Waals surface area contributed by atoms with E-state index in [-0.39, 0.29) is 18.5 Å². The van der Waals surface area contributed by atoms with Crippen LogP contribution in [0.3, 0.4) is 0 Å². The van der Waals surface area contributed by atoms with Crippen molar-refractivity contribution in [3.8, 4) is 0 Å². The number of nitrogens with zero attached hydrogens (tertiary/aromatic N) is 2. The van der Waals surface area contributed by atoms with E-state index in [0.29, 0.717) is 34.1 Å². The van der Waals surface area contributed by atoms with Gasteiger partial charge in [-0.1, -0.05) is 74.2 Å². The van der Waals surface area contributed by atoms with Gasteiger partial charge in [-0.05, 0) is 55.0 Å². The number of para-hydroxylation sites is 1. The third-order valence-corrected chi connectivity index (χ3v) is 8.61. The number of rotatable bonds is 11. The van der Waals surface area contributed by atoms with Gasteiger partial charge in [0, 0.05) is 12.6 Å². The van der Waals surface area contributed by atoms with Crippen molar-refractivity contribution in [1.82, 2.24) is 10.2 Å². The molecule has 0 spiro atoms. The lowest BCUT2D eigenvalue weighted by Gasteiger charge is -2.34. The fourth-order valence-electron chi connectivity index (χ4n) is 4.77. The lowest BCUT2D eigenvalue weighted by molar-refractivity contribution is -0.140. The predicted octanol–water partition coefficient (Wildman–Crippen LogP) is 5.19. The van der Waals surface area contributed by atoms with Crippen LogP contribution in [0.4, 0.5) is 5.69 Å². The summed E-state index contributed by atoms with van der Waals surface area (Å²) in [6, 6.07) is 11.5. The van der Waals surface area contributed by atoms with Gasteiger partial charge >= 0.3 is 0 Å². The van der Waals surface area contributed by atoms with E-state index in [4.69, 9.17) is 23.2 Å². The third kappa shape index (κ3) is 7.62. The van der Waals surface area contributed by atoms with Crippen molar-refractivity contribution >= 4 is 50.7 Å². The average Bonchev–Trinajstić information content (AvgIpc) is 3.36. The minimum absolute atomic E-state index is 0.0827. The zero-order valence-electron chi connectivity index (χ0n) is 21.5. The second kappa shape index (κ2) is 13.0. The number of hydrogen-bond acceptors (Lipinski definition) is 4. The van der Waals surface area contributed by atoms with Gasteiger partial charge in [-0.3, -0.25) is 13.9 Å². The first-order valence-electron chi connectivity index (χ1n) is 12.6. The summed E-state index contributed by atoms with van der Waals surface area (Å²) in [5.74, 6) is -0.710. The topological polar surface area (TPSA) is 86.8 Å². The summed E-state index contributed by atoms with van der Waals surface area (Å²) in [4.78, 5) is 28.7. The number of hydrogen-bond donors (Lipinski definition) is 1. The van der Waals surface area contributed by atoms with E-state index >= 15 is 0 Å². The Hall–Kier alpha value is -2.29. The summed E-state index contributed by atoms with van der Waals surface area (Å²) in [6.07, 6.45) is 6.01. The van der Waals surface area contributed by atoms with Crippen molar-refractivity contribution in [3.05, 3.63) is 63.6 Å². The Kier molecular flexibility index (Phi) is 10.3. The molecule has 2 aromatic rings. The minimum Gasteiger partial charge on any atom is -0.352 e. The standard InChI is InChI=1S/C27H35Cl2N3O4S/c1-4-20-10-6-9-13-25(20)32(37(3,35)36)18-26(33)31(17-19-14-15-22(28)23(29)16-19)24(5-2)27(34)30-21-11-7-8-12-21/h6,9-10,13-16,21,24H,4-5,7-8,11-12,17-18H2,1-3H3,(H,30,34)/t24-/m1/s1. The van der Waals surface area contributed by atoms with Crippen molar-refractivity contribution in [1.29, 1.82) is 0 Å². The molecule has 0 radical (unpaired) electrons. The largest absolute Gasteiger partial charge is 0.352 e. The van der Waals surface area contributed by atoms with Crippen LogP contribution in [0.25, 0.3) is 0 Å². The molecule has 0 bridgehead atoms. The maximum Gasteiger partial charge on any atom is 0.244 e. The van der Waals surface area contributed by atoms with Gasteiger partial charge in [-0.2, -0.15) is 0 Å². The summed E-state index contributed by atoms with van der Waals surface area (Å²) in [5.41, 5.74) is 1.95. The van der Waals surface area contributed by atoms with Crippen LogP contribution >= 0.6 is 23.2 Å². The predicted molar refractivity (Wildman–Crippen MR) is 149 cm³/mol. The normalized spacial score (nSPS) is 14.8. The van der Waals surface area contributed by atoms with Crippen LogP contribution in [-0.2, 0) is 32.6 Å². The van der Waals surface area contributed by atoms with Crippen molar-refractivity contribution in [3.63, 3.8) is 0 Å². The lowest BCUT2D eigenvalue weighted by Crippen LogP contribution is -2.53. The molecule has 202 valence electrons. The Bertz CT molecular complexity index is 1220. The van der Waals surface area contributed by atoms with Gasteiger partial charge in [0.1, 0.15) is 12.6 Å². The molecule has 7 nitrogen and oxygen atoms in total. The molecule has 0 unspecified atom stereocenters. The number of carbonyl (C=O) groups is 2. The van der Waals surface area contributed by atoms with E-state index in [1.807, 2.05) is 26.0 Å². The third-order valence-electron chi connectivity index (χ3n) is 6.74. The molecule has 10 heteroatoms. The Morgan fingerprint density at radius 1 is 1.05 bits per heavy atom. The van der Waals surface area contributed by atoms with Gasteiger partial charge in [0.15, 0.2) is 0 Å². The van der Waals surface area contributed by atoms with E-state index in [1.165, 1.54) is 4.90 Å². The van der Waals surface area contributed by atoms with E-state index in [0.717, 1.165) is 41.8 Å². The Morgan fingerprint density at radius 2 is 1.73 bits per heavy atom. The number of halogens is 2. The number of carbonyl (C=O) groups excluding carboxylic acids is 2. The molecule has 0 aliphatic heterocycles. The number of sulfonamides is 1. The van der Waals surface area contributed by atoms with E-state index in [1.54, 1.807) is 30.3 Å². The zero-order chi connectivity index (χ0) is 27.2. The van der Waals surface area contributed by atoms with Gasteiger partial charge in [0.05, 0.1) is 22.0 Å². The fraction of sp³-hybridized carbons (Fsp3) is 0.481. The number of anilines is 1. The van der Waals surface area contributed by atoms with Gasteiger partial charge in [0.2, 0.25) is 21.8 Å². The second-order valence-electron chi connectivity index (χ2n) is 9.44. The van der Waals surface area contributed by atoms with Crippen molar-refractivity contribution < 1.29 is 18.0 Å². The Morgan fingerprint density at radius 3 is 2.32 bits per heavy atom. The molecule has 1 fully saturated rings. The fourth-order valence-corrected chi connectivity index (χ4v) is 5.97. The van der Waals surface area contributed by atoms with Crippen LogP contribution in [0, 0.1) is 0 Å². The molecule has 0 aromatic heterocycles. The zero-order valence-corrected chi connectivity index (χ0v) is 23.9. The molecule has 1 aliphatic carbocycles. The first-order chi connectivity index (χ1) is 17.5. The van der Waals surface area contributed by atoms with Crippen LogP contribution < -0.4 is 9.62 Å². The summed E-state index contributed by atoms with van der Waals surface area (Å²) in [6.45, 7) is 3.43. The van der Waals surface area contributed by atoms with Gasteiger partial charge in [-0.25, -0.2) is 8.42 Å². The first kappa shape index (κ1) is 29.3. The highest BCUT2D eigenvalue weighted by molar-refractivity contribution is 7.92. The van der Waals surface area contributed by atoms with E-state index < -0.39 is 28.5 Å². The Labute approximate surface area is 230 Å². The van der Waals surface area contributed by atoms with Crippen LogP contribution in [-0.4, -0.2) is 50.0 Å². The molecule has 1 aliphatic rings. The molecule has 3 rings (SSSR count). The molecule has 2 aromatic carbocycles. The second-order valence-corrected chi connectivity index (χ2v) is 12.2. The SMILES string of the molecule is CCc1ccccc1N(CC(=O)N(Cc1ccc(Cl)c(Cl)c1)[C@H](CC)C(=O)NC1CCCC1)S(C)(=O)=O. The highest BCUT2D eigenvalue weighted by atomic mass is 35.5. The number of benzene rings is 2. The van der Waals surface area contributed by atoms with Crippen LogP contribution in [0.5, 0.6) is 0 Å². The van der Waals surface area contributed by atoms with Crippen molar-refractivity contribution in [2.75, 3.05) is 17.1 Å². The summed E-state index contributed by atoms with van der Waals surface area (Å²) >= 11 is 12.3. The molecule has 2 amide bonds. The number of nitrogens with one attached hydrogen (secondary N) is 1. The molecule has 0 saturated heterocycles. The van der Waals surface area contributed by atoms with Crippen LogP contribution in [0.1, 0.15) is 57.1 Å². The smallest absolute Gasteiger partial charge is 0.244 e. The molecule has 1 atom stereocenters. The lowest BCUT2D eigenvalue weighted by atomic mass is 10.1. The van der Waals surface area contributed by atoms with Gasteiger partial charge in [0.25, 0.3) is 0 Å². The molecular formula is C27H35Cl2N3O4S. The summed E-state index contributed by atoms with van der Waals surface area (Å²) in [5, 5.41) is 3.81. The van der Waals surface area contributed by atoms with Crippen molar-refractivity contribution in [2.45, 2.75) is 71.0 Å². The summed E-state index contributed by atoms with van der Waals surface area (Å²) in [7, 11) is -3.79. The molecule has 0 heterocycles. The van der Waals surface area contributed by atoms with Crippen LogP contribution in [0.2, 0.25) is 10.0 Å². The highest BCUT2D eigenvalue weighted by Gasteiger charge is 2.33. The average molecular weight is 569 g/mol. The van der Waals surface area contributed by atoms with Crippen LogP contribution in [0.15, 0.2) is 42.5 Å². The van der Waals surface area contributed by atoms with Gasteiger partial charge in [-0.15, -0.1) is 0 Å². The Balaban J connectivity index is 1.96. The molecule has 1 saturated carbocycles. The monoisotopic (exact) mass is 567 g/mol. The molecule has 37 heavy (non-hydrogen) atoms. The summed E-state index contributed by atoms with van der Waals surface area (Å²) < 4.78 is 26.8. The first-order valence-corrected chi connectivity index (χ1v) is 15.2. The maximum absolute atomic E-state index is 13.9. The molecule has 1 N–H and O–H groups in total.